The molecule has 2 N–H and O–H groups in total. The maximum absolute atomic E-state index is 11.3. The van der Waals surface area contributed by atoms with Crippen molar-refractivity contribution in [3.8, 4) is 0 Å². The number of esters is 1. The van der Waals surface area contributed by atoms with E-state index in [-0.39, 0.29) is 18.4 Å². The van der Waals surface area contributed by atoms with E-state index in [2.05, 4.69) is 10.1 Å². The molecule has 94 valence electrons. The van der Waals surface area contributed by atoms with Crippen molar-refractivity contribution in [1.82, 2.24) is 5.32 Å². The number of carbonyl (C=O) groups is 2. The smallest absolute Gasteiger partial charge is 0.320 e. The van der Waals surface area contributed by atoms with Gasteiger partial charge in [0.25, 0.3) is 0 Å². The largest absolute Gasteiger partial charge is 0.480 e. The first-order valence-corrected chi connectivity index (χ1v) is 6.01. The minimum Gasteiger partial charge on any atom is -0.480 e. The third kappa shape index (κ3) is 4.16. The van der Waals surface area contributed by atoms with Crippen molar-refractivity contribution in [1.29, 1.82) is 0 Å². The van der Waals surface area contributed by atoms with Gasteiger partial charge in [-0.1, -0.05) is 6.07 Å². The summed E-state index contributed by atoms with van der Waals surface area (Å²) in [5.74, 6) is -1.31. The lowest BCUT2D eigenvalue weighted by Gasteiger charge is -2.19. The highest BCUT2D eigenvalue weighted by atomic mass is 32.1. The van der Waals surface area contributed by atoms with Crippen molar-refractivity contribution in [2.45, 2.75) is 25.4 Å². The number of thiophene rings is 1. The molecule has 0 saturated heterocycles. The first kappa shape index (κ1) is 13.7. The monoisotopic (exact) mass is 257 g/mol. The number of ether oxygens (including phenoxy) is 1. The minimum atomic E-state index is -0.948. The Kier molecular flexibility index (Phi) is 5.11. The van der Waals surface area contributed by atoms with Crippen LogP contribution in [-0.4, -0.2) is 30.2 Å². The molecule has 1 aromatic rings. The van der Waals surface area contributed by atoms with E-state index in [1.165, 1.54) is 18.4 Å². The van der Waals surface area contributed by atoms with Crippen molar-refractivity contribution in [2.75, 3.05) is 7.11 Å². The fourth-order valence-corrected chi connectivity index (χ4v) is 2.14. The Hall–Kier alpha value is -1.40. The van der Waals surface area contributed by atoms with E-state index < -0.39 is 12.0 Å². The molecule has 2 atom stereocenters. The zero-order valence-electron chi connectivity index (χ0n) is 9.67. The van der Waals surface area contributed by atoms with E-state index in [1.54, 1.807) is 6.92 Å². The summed E-state index contributed by atoms with van der Waals surface area (Å²) in [6.45, 7) is 1.54. The molecule has 0 aromatic carbocycles. The van der Waals surface area contributed by atoms with Gasteiger partial charge in [-0.3, -0.25) is 14.9 Å². The van der Waals surface area contributed by atoms with Crippen LogP contribution < -0.4 is 5.32 Å². The van der Waals surface area contributed by atoms with Crippen molar-refractivity contribution >= 4 is 23.3 Å². The lowest BCUT2D eigenvalue weighted by molar-refractivity contribution is -0.143. The maximum Gasteiger partial charge on any atom is 0.320 e. The van der Waals surface area contributed by atoms with Crippen LogP contribution in [0, 0.1) is 0 Å². The van der Waals surface area contributed by atoms with E-state index in [9.17, 15) is 9.59 Å². The van der Waals surface area contributed by atoms with Crippen LogP contribution >= 0.6 is 11.3 Å². The van der Waals surface area contributed by atoms with E-state index in [0.29, 0.717) is 0 Å². The van der Waals surface area contributed by atoms with E-state index in [0.717, 1.165) is 4.88 Å². The van der Waals surface area contributed by atoms with Crippen LogP contribution in [0.2, 0.25) is 0 Å². The van der Waals surface area contributed by atoms with Crippen LogP contribution in [0.5, 0.6) is 0 Å². The number of hydrogen-bond donors (Lipinski definition) is 2. The lowest BCUT2D eigenvalue weighted by Crippen LogP contribution is -2.37. The second kappa shape index (κ2) is 6.36. The summed E-state index contributed by atoms with van der Waals surface area (Å²) in [5.41, 5.74) is 0. The van der Waals surface area contributed by atoms with Gasteiger partial charge in [0.15, 0.2) is 0 Å². The number of carboxylic acid groups (broad SMARTS) is 1. The molecule has 0 saturated carbocycles. The summed E-state index contributed by atoms with van der Waals surface area (Å²) in [7, 11) is 1.31. The molecule has 0 radical (unpaired) electrons. The van der Waals surface area contributed by atoms with Crippen LogP contribution in [-0.2, 0) is 14.3 Å². The molecule has 2 unspecified atom stereocenters. The summed E-state index contributed by atoms with van der Waals surface area (Å²) in [4.78, 5) is 23.0. The van der Waals surface area contributed by atoms with Gasteiger partial charge in [-0.15, -0.1) is 11.3 Å². The third-order valence-electron chi connectivity index (χ3n) is 2.31. The number of hydrogen-bond acceptors (Lipinski definition) is 5. The Balaban J connectivity index is 2.73. The predicted octanol–water partition coefficient (Wildman–Crippen LogP) is 1.41. The Morgan fingerprint density at radius 1 is 1.59 bits per heavy atom. The van der Waals surface area contributed by atoms with Gasteiger partial charge >= 0.3 is 11.9 Å². The Bertz CT molecular complexity index is 377. The predicted molar refractivity (Wildman–Crippen MR) is 63.9 cm³/mol. The minimum absolute atomic E-state index is 0.120. The molecular formula is C11H15NO4S. The summed E-state index contributed by atoms with van der Waals surface area (Å²) in [5, 5.41) is 13.6. The second-order valence-electron chi connectivity index (χ2n) is 3.57. The number of carbonyl (C=O) groups excluding carboxylic acids is 1. The topological polar surface area (TPSA) is 75.6 Å². The molecule has 1 heterocycles. The van der Waals surface area contributed by atoms with Gasteiger partial charge in [0.05, 0.1) is 19.6 Å². The van der Waals surface area contributed by atoms with Crippen molar-refractivity contribution in [3.63, 3.8) is 0 Å². The average Bonchev–Trinajstić information content (AvgIpc) is 2.80. The third-order valence-corrected chi connectivity index (χ3v) is 3.29. The molecule has 17 heavy (non-hydrogen) atoms. The maximum atomic E-state index is 11.3. The standard InChI is InChI=1S/C11H15NO4S/c1-7(11(14)15)12-8(6-10(13)16-2)9-4-3-5-17-9/h3-5,7-8,12H,6H2,1-2H3,(H,14,15). The zero-order chi connectivity index (χ0) is 12.8. The van der Waals surface area contributed by atoms with Gasteiger partial charge in [0, 0.05) is 4.88 Å². The molecule has 0 amide bonds. The number of rotatable bonds is 6. The van der Waals surface area contributed by atoms with Crippen molar-refractivity contribution in [2.24, 2.45) is 0 Å². The number of aliphatic carboxylic acids is 1. The lowest BCUT2D eigenvalue weighted by atomic mass is 10.1. The summed E-state index contributed by atoms with van der Waals surface area (Å²) in [6.07, 6.45) is 0.120. The SMILES string of the molecule is COC(=O)CC(NC(C)C(=O)O)c1cccs1. The van der Waals surface area contributed by atoms with Crippen LogP contribution in [0.3, 0.4) is 0 Å². The average molecular weight is 257 g/mol. The Labute approximate surface area is 103 Å². The second-order valence-corrected chi connectivity index (χ2v) is 4.55. The molecule has 0 aliphatic rings. The molecule has 0 spiro atoms. The van der Waals surface area contributed by atoms with Crippen LogP contribution in [0.25, 0.3) is 0 Å². The van der Waals surface area contributed by atoms with Crippen molar-refractivity contribution < 1.29 is 19.4 Å². The molecule has 0 bridgehead atoms. The normalized spacial score (nSPS) is 14.0. The number of methoxy groups -OCH3 is 1. The molecule has 1 rings (SSSR count). The highest BCUT2D eigenvalue weighted by molar-refractivity contribution is 7.10. The Morgan fingerprint density at radius 2 is 2.29 bits per heavy atom. The first-order valence-electron chi connectivity index (χ1n) is 5.13. The van der Waals surface area contributed by atoms with E-state index in [4.69, 9.17) is 5.11 Å². The van der Waals surface area contributed by atoms with Crippen LogP contribution in [0.15, 0.2) is 17.5 Å². The first-order chi connectivity index (χ1) is 8.04. The molecule has 0 aliphatic heterocycles. The number of nitrogens with one attached hydrogen (secondary N) is 1. The van der Waals surface area contributed by atoms with Gasteiger partial charge in [0.1, 0.15) is 6.04 Å². The van der Waals surface area contributed by atoms with Crippen LogP contribution in [0.1, 0.15) is 24.3 Å². The zero-order valence-corrected chi connectivity index (χ0v) is 10.5. The molecule has 0 fully saturated rings. The van der Waals surface area contributed by atoms with E-state index in [1.807, 2.05) is 17.5 Å². The molecule has 1 aromatic heterocycles. The highest BCUT2D eigenvalue weighted by Gasteiger charge is 2.22. The fraction of sp³-hybridized carbons (Fsp3) is 0.455. The van der Waals surface area contributed by atoms with Gasteiger partial charge < -0.3 is 9.84 Å². The Morgan fingerprint density at radius 3 is 2.76 bits per heavy atom. The summed E-state index contributed by atoms with van der Waals surface area (Å²) < 4.78 is 4.60. The summed E-state index contributed by atoms with van der Waals surface area (Å²) in [6, 6.07) is 2.68. The fourth-order valence-electron chi connectivity index (χ4n) is 1.35. The van der Waals surface area contributed by atoms with Crippen LogP contribution in [0.4, 0.5) is 0 Å². The summed E-state index contributed by atoms with van der Waals surface area (Å²) >= 11 is 1.47. The molecule has 0 aliphatic carbocycles. The van der Waals surface area contributed by atoms with Gasteiger partial charge in [-0.05, 0) is 18.4 Å². The van der Waals surface area contributed by atoms with Crippen molar-refractivity contribution in [3.05, 3.63) is 22.4 Å². The molecular weight excluding hydrogens is 242 g/mol. The number of carboxylic acids is 1. The highest BCUT2D eigenvalue weighted by Crippen LogP contribution is 2.22. The van der Waals surface area contributed by atoms with Gasteiger partial charge in [0.2, 0.25) is 0 Å². The van der Waals surface area contributed by atoms with Gasteiger partial charge in [-0.2, -0.15) is 0 Å². The quantitative estimate of drug-likeness (QED) is 0.754. The van der Waals surface area contributed by atoms with Gasteiger partial charge in [-0.25, -0.2) is 0 Å². The molecule has 6 heteroatoms. The van der Waals surface area contributed by atoms with E-state index >= 15 is 0 Å². The molecule has 5 nitrogen and oxygen atoms in total.